The zero-order valence-corrected chi connectivity index (χ0v) is 14.6. The van der Waals surface area contributed by atoms with Gasteiger partial charge in [-0.25, -0.2) is 9.97 Å². The molecule has 0 spiro atoms. The van der Waals surface area contributed by atoms with Gasteiger partial charge in [-0.05, 0) is 18.6 Å². The number of aromatic nitrogens is 2. The Bertz CT molecular complexity index is 491. The highest BCUT2D eigenvalue weighted by molar-refractivity contribution is 7.21. The Labute approximate surface area is 138 Å². The molecule has 0 aliphatic carbocycles. The second-order valence-corrected chi connectivity index (χ2v) is 6.93. The second kappa shape index (κ2) is 10.5. The number of hydrogen-bond acceptors (Lipinski definition) is 4. The van der Waals surface area contributed by atoms with Crippen molar-refractivity contribution in [2.24, 2.45) is 0 Å². The van der Waals surface area contributed by atoms with Gasteiger partial charge in [0.25, 0.3) is 0 Å². The number of anilines is 1. The molecule has 0 bridgehead atoms. The van der Waals surface area contributed by atoms with Gasteiger partial charge in [-0.1, -0.05) is 76.0 Å². The van der Waals surface area contributed by atoms with E-state index in [1.807, 2.05) is 18.3 Å². The number of unbranched alkanes of at least 4 members (excludes halogenated alkanes) is 9. The lowest BCUT2D eigenvalue weighted by Crippen LogP contribution is -2.00. The van der Waals surface area contributed by atoms with Crippen molar-refractivity contribution in [3.63, 3.8) is 0 Å². The third-order valence-electron chi connectivity index (χ3n) is 3.97. The number of rotatable bonds is 12. The predicted molar refractivity (Wildman–Crippen MR) is 97.7 cm³/mol. The minimum absolute atomic E-state index is 0.998. The first-order chi connectivity index (χ1) is 10.9. The number of thiazole rings is 1. The molecule has 2 aromatic rings. The zero-order valence-electron chi connectivity index (χ0n) is 13.8. The monoisotopic (exact) mass is 319 g/mol. The van der Waals surface area contributed by atoms with Crippen molar-refractivity contribution in [1.82, 2.24) is 9.97 Å². The van der Waals surface area contributed by atoms with Crippen molar-refractivity contribution < 1.29 is 0 Å². The molecule has 2 aromatic heterocycles. The maximum Gasteiger partial charge on any atom is 0.185 e. The highest BCUT2D eigenvalue weighted by atomic mass is 32.1. The van der Waals surface area contributed by atoms with Crippen LogP contribution in [0.25, 0.3) is 10.3 Å². The predicted octanol–water partition coefficient (Wildman–Crippen LogP) is 6.02. The van der Waals surface area contributed by atoms with Crippen LogP contribution >= 0.6 is 11.3 Å². The highest BCUT2D eigenvalue weighted by Gasteiger charge is 2.02. The molecule has 2 heterocycles. The van der Waals surface area contributed by atoms with Gasteiger partial charge in [0.2, 0.25) is 0 Å². The summed E-state index contributed by atoms with van der Waals surface area (Å²) in [6.45, 7) is 3.30. The Balaban J connectivity index is 1.46. The molecule has 0 saturated carbocycles. The van der Waals surface area contributed by atoms with E-state index in [2.05, 4.69) is 22.2 Å². The van der Waals surface area contributed by atoms with E-state index in [-0.39, 0.29) is 0 Å². The van der Waals surface area contributed by atoms with Gasteiger partial charge in [-0.3, -0.25) is 0 Å². The van der Waals surface area contributed by atoms with Gasteiger partial charge in [0, 0.05) is 12.7 Å². The molecule has 0 radical (unpaired) electrons. The number of pyridine rings is 1. The quantitative estimate of drug-likeness (QED) is 0.486. The molecule has 0 aliphatic rings. The first-order valence-electron chi connectivity index (χ1n) is 8.85. The van der Waals surface area contributed by atoms with Crippen molar-refractivity contribution in [2.45, 2.75) is 71.1 Å². The summed E-state index contributed by atoms with van der Waals surface area (Å²) in [5.74, 6) is 0. The molecule has 4 heteroatoms. The van der Waals surface area contributed by atoms with Gasteiger partial charge in [0.15, 0.2) is 5.13 Å². The van der Waals surface area contributed by atoms with Crippen molar-refractivity contribution in [3.8, 4) is 0 Å². The van der Waals surface area contributed by atoms with Crippen LogP contribution in [0.1, 0.15) is 71.1 Å². The average molecular weight is 320 g/mol. The molecule has 0 unspecified atom stereocenters. The summed E-state index contributed by atoms with van der Waals surface area (Å²) in [6, 6.07) is 3.96. The van der Waals surface area contributed by atoms with Crippen LogP contribution in [0, 0.1) is 0 Å². The standard InChI is InChI=1S/C18H29N3S/c1-2-3-4-5-6-7-8-9-10-11-14-20-18-21-16-13-12-15-19-17(16)22-18/h12-13,15H,2-11,14H2,1H3,(H,20,21). The Morgan fingerprint density at radius 1 is 0.955 bits per heavy atom. The molecule has 2 rings (SSSR count). The molecule has 122 valence electrons. The van der Waals surface area contributed by atoms with Gasteiger partial charge < -0.3 is 5.32 Å². The van der Waals surface area contributed by atoms with Crippen LogP contribution in [0.5, 0.6) is 0 Å². The molecule has 0 fully saturated rings. The zero-order chi connectivity index (χ0) is 15.5. The third kappa shape index (κ3) is 6.30. The van der Waals surface area contributed by atoms with E-state index < -0.39 is 0 Å². The Morgan fingerprint density at radius 3 is 2.32 bits per heavy atom. The van der Waals surface area contributed by atoms with Gasteiger partial charge >= 0.3 is 0 Å². The van der Waals surface area contributed by atoms with E-state index in [9.17, 15) is 0 Å². The largest absolute Gasteiger partial charge is 0.361 e. The normalized spacial score (nSPS) is 11.1. The summed E-state index contributed by atoms with van der Waals surface area (Å²) in [4.78, 5) is 9.88. The molecule has 22 heavy (non-hydrogen) atoms. The van der Waals surface area contributed by atoms with Gasteiger partial charge in [-0.15, -0.1) is 0 Å². The number of nitrogens with one attached hydrogen (secondary N) is 1. The number of nitrogens with zero attached hydrogens (tertiary/aromatic N) is 2. The molecule has 0 aliphatic heterocycles. The second-order valence-electron chi connectivity index (χ2n) is 5.96. The molecule has 0 amide bonds. The SMILES string of the molecule is CCCCCCCCCCCCNc1nc2cccnc2s1. The smallest absolute Gasteiger partial charge is 0.185 e. The summed E-state index contributed by atoms with van der Waals surface area (Å²) in [5, 5.41) is 4.43. The fourth-order valence-corrected chi connectivity index (χ4v) is 3.49. The fourth-order valence-electron chi connectivity index (χ4n) is 2.65. The van der Waals surface area contributed by atoms with Crippen molar-refractivity contribution >= 4 is 26.8 Å². The summed E-state index contributed by atoms with van der Waals surface area (Å²) in [6.07, 6.45) is 15.6. The summed E-state index contributed by atoms with van der Waals surface area (Å²) < 4.78 is 0. The Hall–Kier alpha value is -1.16. The van der Waals surface area contributed by atoms with Crippen LogP contribution in [-0.4, -0.2) is 16.5 Å². The first-order valence-corrected chi connectivity index (χ1v) is 9.67. The highest BCUT2D eigenvalue weighted by Crippen LogP contribution is 2.23. The summed E-state index contributed by atoms with van der Waals surface area (Å²) >= 11 is 1.65. The van der Waals surface area contributed by atoms with Crippen LogP contribution < -0.4 is 5.32 Å². The van der Waals surface area contributed by atoms with E-state index >= 15 is 0 Å². The molecule has 0 saturated heterocycles. The maximum atomic E-state index is 4.54. The van der Waals surface area contributed by atoms with E-state index in [1.54, 1.807) is 11.3 Å². The lowest BCUT2D eigenvalue weighted by Gasteiger charge is -2.03. The topological polar surface area (TPSA) is 37.8 Å². The lowest BCUT2D eigenvalue weighted by atomic mass is 10.1. The van der Waals surface area contributed by atoms with Crippen LogP contribution in [-0.2, 0) is 0 Å². The molecule has 0 atom stereocenters. The first kappa shape index (κ1) is 17.2. The lowest BCUT2D eigenvalue weighted by molar-refractivity contribution is 0.560. The van der Waals surface area contributed by atoms with Crippen molar-refractivity contribution in [1.29, 1.82) is 0 Å². The van der Waals surface area contributed by atoms with Crippen LogP contribution in [0.4, 0.5) is 5.13 Å². The number of fused-ring (bicyclic) bond motifs is 1. The molecule has 3 nitrogen and oxygen atoms in total. The van der Waals surface area contributed by atoms with Gasteiger partial charge in [-0.2, -0.15) is 0 Å². The summed E-state index contributed by atoms with van der Waals surface area (Å²) in [7, 11) is 0. The maximum absolute atomic E-state index is 4.54. The Morgan fingerprint density at radius 2 is 1.64 bits per heavy atom. The minimum Gasteiger partial charge on any atom is -0.361 e. The van der Waals surface area contributed by atoms with E-state index in [0.717, 1.165) is 22.0 Å². The van der Waals surface area contributed by atoms with Crippen molar-refractivity contribution in [2.75, 3.05) is 11.9 Å². The van der Waals surface area contributed by atoms with E-state index in [1.165, 1.54) is 64.2 Å². The molecule has 1 N–H and O–H groups in total. The van der Waals surface area contributed by atoms with Crippen molar-refractivity contribution in [3.05, 3.63) is 18.3 Å². The molecular weight excluding hydrogens is 290 g/mol. The van der Waals surface area contributed by atoms with Crippen LogP contribution in [0.2, 0.25) is 0 Å². The van der Waals surface area contributed by atoms with Gasteiger partial charge in [0.05, 0.1) is 0 Å². The molecular formula is C18H29N3S. The van der Waals surface area contributed by atoms with Crippen LogP contribution in [0.3, 0.4) is 0 Å². The van der Waals surface area contributed by atoms with Crippen LogP contribution in [0.15, 0.2) is 18.3 Å². The van der Waals surface area contributed by atoms with Gasteiger partial charge in [0.1, 0.15) is 10.3 Å². The summed E-state index contributed by atoms with van der Waals surface area (Å²) in [5.41, 5.74) is 0.998. The average Bonchev–Trinajstić information content (AvgIpc) is 2.95. The minimum atomic E-state index is 0.998. The Kier molecular flexibility index (Phi) is 8.24. The van der Waals surface area contributed by atoms with E-state index in [4.69, 9.17) is 0 Å². The van der Waals surface area contributed by atoms with E-state index in [0.29, 0.717) is 0 Å². The third-order valence-corrected chi connectivity index (χ3v) is 4.91. The fraction of sp³-hybridized carbons (Fsp3) is 0.667. The number of hydrogen-bond donors (Lipinski definition) is 1. The molecule has 0 aromatic carbocycles.